The van der Waals surface area contributed by atoms with Crippen LogP contribution < -0.4 is 16.0 Å². The Kier molecular flexibility index (Phi) is 4.29. The SMILES string of the molecule is NNc1ncc(S(=O)(=O)Nc2ccc(Cl)c(Cl)c2)cn1. The highest BCUT2D eigenvalue weighted by molar-refractivity contribution is 7.92. The number of rotatable bonds is 4. The van der Waals surface area contributed by atoms with E-state index >= 15 is 0 Å². The average molecular weight is 334 g/mol. The van der Waals surface area contributed by atoms with Crippen LogP contribution >= 0.6 is 23.2 Å². The minimum absolute atomic E-state index is 0.109. The Morgan fingerprint density at radius 3 is 2.30 bits per heavy atom. The molecule has 10 heteroatoms. The van der Waals surface area contributed by atoms with E-state index in [1.165, 1.54) is 18.2 Å². The number of nitrogens with zero attached hydrogens (tertiary/aromatic N) is 2. The molecule has 0 amide bonds. The van der Waals surface area contributed by atoms with E-state index in [-0.39, 0.29) is 21.6 Å². The summed E-state index contributed by atoms with van der Waals surface area (Å²) >= 11 is 11.6. The summed E-state index contributed by atoms with van der Waals surface area (Å²) in [4.78, 5) is 7.34. The van der Waals surface area contributed by atoms with Gasteiger partial charge in [-0.2, -0.15) is 0 Å². The van der Waals surface area contributed by atoms with Crippen LogP contribution in [0.1, 0.15) is 0 Å². The van der Waals surface area contributed by atoms with Crippen LogP contribution in [-0.2, 0) is 10.0 Å². The molecular formula is C10H9Cl2N5O2S. The van der Waals surface area contributed by atoms with E-state index < -0.39 is 10.0 Å². The van der Waals surface area contributed by atoms with Gasteiger partial charge in [-0.3, -0.25) is 10.1 Å². The van der Waals surface area contributed by atoms with Crippen molar-refractivity contribution in [2.45, 2.75) is 4.90 Å². The van der Waals surface area contributed by atoms with Gasteiger partial charge in [0.2, 0.25) is 5.95 Å². The van der Waals surface area contributed by atoms with Gasteiger partial charge < -0.3 is 0 Å². The number of halogens is 2. The molecule has 0 spiro atoms. The summed E-state index contributed by atoms with van der Waals surface area (Å²) < 4.78 is 26.5. The third kappa shape index (κ3) is 3.28. The minimum atomic E-state index is -3.81. The number of hydrogen-bond donors (Lipinski definition) is 3. The molecule has 1 aromatic carbocycles. The van der Waals surface area contributed by atoms with Crippen LogP contribution in [0, 0.1) is 0 Å². The molecule has 106 valence electrons. The third-order valence-corrected chi connectivity index (χ3v) is 4.31. The van der Waals surface area contributed by atoms with Crippen molar-refractivity contribution < 1.29 is 8.42 Å². The normalized spacial score (nSPS) is 11.2. The maximum atomic E-state index is 12.1. The number of benzene rings is 1. The zero-order valence-corrected chi connectivity index (χ0v) is 12.2. The van der Waals surface area contributed by atoms with Crippen LogP contribution in [0.25, 0.3) is 0 Å². The summed E-state index contributed by atoms with van der Waals surface area (Å²) in [5, 5.41) is 0.571. The van der Waals surface area contributed by atoms with Crippen LogP contribution in [0.5, 0.6) is 0 Å². The summed E-state index contributed by atoms with van der Waals surface area (Å²) in [6, 6.07) is 4.38. The fourth-order valence-electron chi connectivity index (χ4n) is 1.30. The van der Waals surface area contributed by atoms with Crippen molar-refractivity contribution >= 4 is 44.9 Å². The molecule has 2 aromatic rings. The number of sulfonamides is 1. The Labute approximate surface area is 125 Å². The Hall–Kier alpha value is -1.61. The second kappa shape index (κ2) is 5.80. The molecule has 4 N–H and O–H groups in total. The van der Waals surface area contributed by atoms with E-state index in [0.29, 0.717) is 5.02 Å². The van der Waals surface area contributed by atoms with Crippen molar-refractivity contribution in [3.05, 3.63) is 40.6 Å². The van der Waals surface area contributed by atoms with Crippen molar-refractivity contribution in [2.24, 2.45) is 5.84 Å². The predicted molar refractivity (Wildman–Crippen MR) is 77.1 cm³/mol. The smallest absolute Gasteiger partial charge is 0.264 e. The highest BCUT2D eigenvalue weighted by Crippen LogP contribution is 2.26. The van der Waals surface area contributed by atoms with Crippen LogP contribution in [0.4, 0.5) is 11.6 Å². The second-order valence-electron chi connectivity index (χ2n) is 3.62. The van der Waals surface area contributed by atoms with Crippen LogP contribution in [0.2, 0.25) is 10.0 Å². The summed E-state index contributed by atoms with van der Waals surface area (Å²) in [6.07, 6.45) is 2.25. The lowest BCUT2D eigenvalue weighted by Crippen LogP contribution is -2.15. The van der Waals surface area contributed by atoms with Gasteiger partial charge in [-0.05, 0) is 18.2 Å². The lowest BCUT2D eigenvalue weighted by atomic mass is 10.3. The summed E-state index contributed by atoms with van der Waals surface area (Å²) in [7, 11) is -3.81. The highest BCUT2D eigenvalue weighted by Gasteiger charge is 2.16. The van der Waals surface area contributed by atoms with Gasteiger partial charge in [-0.1, -0.05) is 23.2 Å². The van der Waals surface area contributed by atoms with E-state index in [1.54, 1.807) is 0 Å². The van der Waals surface area contributed by atoms with Crippen LogP contribution in [0.15, 0.2) is 35.5 Å². The Bertz CT molecular complexity index is 721. The van der Waals surface area contributed by atoms with E-state index in [1.807, 2.05) is 0 Å². The number of nitrogens with two attached hydrogens (primary N) is 1. The van der Waals surface area contributed by atoms with E-state index in [0.717, 1.165) is 12.4 Å². The summed E-state index contributed by atoms with van der Waals surface area (Å²) in [6.45, 7) is 0. The Morgan fingerprint density at radius 1 is 1.10 bits per heavy atom. The zero-order chi connectivity index (χ0) is 14.8. The Balaban J connectivity index is 2.27. The van der Waals surface area contributed by atoms with Gasteiger partial charge in [0.15, 0.2) is 0 Å². The molecule has 1 heterocycles. The van der Waals surface area contributed by atoms with E-state index in [2.05, 4.69) is 20.1 Å². The largest absolute Gasteiger partial charge is 0.292 e. The van der Waals surface area contributed by atoms with Gasteiger partial charge in [-0.25, -0.2) is 24.2 Å². The van der Waals surface area contributed by atoms with Crippen molar-refractivity contribution in [2.75, 3.05) is 10.1 Å². The maximum absolute atomic E-state index is 12.1. The van der Waals surface area contributed by atoms with Crippen molar-refractivity contribution in [3.63, 3.8) is 0 Å². The maximum Gasteiger partial charge on any atom is 0.264 e. The molecule has 0 fully saturated rings. The molecule has 0 saturated carbocycles. The zero-order valence-electron chi connectivity index (χ0n) is 9.84. The van der Waals surface area contributed by atoms with E-state index in [4.69, 9.17) is 29.0 Å². The molecule has 1 aromatic heterocycles. The fraction of sp³-hybridized carbons (Fsp3) is 0. The van der Waals surface area contributed by atoms with Gasteiger partial charge in [0.05, 0.1) is 28.1 Å². The van der Waals surface area contributed by atoms with Crippen molar-refractivity contribution in [1.29, 1.82) is 0 Å². The van der Waals surface area contributed by atoms with Gasteiger partial charge in [0.1, 0.15) is 4.90 Å². The first-order chi connectivity index (χ1) is 9.42. The fourth-order valence-corrected chi connectivity index (χ4v) is 2.54. The molecule has 0 aliphatic heterocycles. The molecule has 0 atom stereocenters. The standard InChI is InChI=1S/C10H9Cl2N5O2S/c11-8-2-1-6(3-9(8)12)17-20(18,19)7-4-14-10(16-13)15-5-7/h1-5,17H,13H2,(H,14,15,16). The number of hydrazine groups is 1. The molecule has 2 rings (SSSR count). The van der Waals surface area contributed by atoms with Gasteiger partial charge in [-0.15, -0.1) is 0 Å². The second-order valence-corrected chi connectivity index (χ2v) is 6.12. The highest BCUT2D eigenvalue weighted by atomic mass is 35.5. The first-order valence-electron chi connectivity index (χ1n) is 5.19. The minimum Gasteiger partial charge on any atom is -0.292 e. The summed E-state index contributed by atoms with van der Waals surface area (Å²) in [5.74, 6) is 5.21. The lowest BCUT2D eigenvalue weighted by molar-refractivity contribution is 0.600. The van der Waals surface area contributed by atoms with Gasteiger partial charge >= 0.3 is 0 Å². The van der Waals surface area contributed by atoms with Gasteiger partial charge in [0.25, 0.3) is 10.0 Å². The Morgan fingerprint density at radius 2 is 1.75 bits per heavy atom. The first-order valence-corrected chi connectivity index (χ1v) is 7.43. The predicted octanol–water partition coefficient (Wildman–Crippen LogP) is 1.87. The monoisotopic (exact) mass is 333 g/mol. The van der Waals surface area contributed by atoms with Crippen molar-refractivity contribution in [3.8, 4) is 0 Å². The number of anilines is 2. The average Bonchev–Trinajstić information content (AvgIpc) is 2.43. The quantitative estimate of drug-likeness (QED) is 0.582. The molecule has 0 aliphatic carbocycles. The molecule has 0 saturated heterocycles. The molecule has 0 aliphatic rings. The van der Waals surface area contributed by atoms with Crippen LogP contribution in [-0.4, -0.2) is 18.4 Å². The number of nitrogen functional groups attached to an aromatic ring is 1. The van der Waals surface area contributed by atoms with Crippen molar-refractivity contribution in [1.82, 2.24) is 9.97 Å². The lowest BCUT2D eigenvalue weighted by Gasteiger charge is -2.08. The number of aromatic nitrogens is 2. The molecule has 0 unspecified atom stereocenters. The van der Waals surface area contributed by atoms with E-state index in [9.17, 15) is 8.42 Å². The molecule has 0 radical (unpaired) electrons. The summed E-state index contributed by atoms with van der Waals surface area (Å²) in [5.41, 5.74) is 2.48. The number of hydrogen-bond acceptors (Lipinski definition) is 6. The molecule has 7 nitrogen and oxygen atoms in total. The third-order valence-electron chi connectivity index (χ3n) is 2.24. The van der Waals surface area contributed by atoms with Gasteiger partial charge in [0, 0.05) is 0 Å². The number of nitrogens with one attached hydrogen (secondary N) is 2. The van der Waals surface area contributed by atoms with Crippen LogP contribution in [0.3, 0.4) is 0 Å². The molecule has 0 bridgehead atoms. The first kappa shape index (κ1) is 14.8. The topological polar surface area (TPSA) is 110 Å². The molecular weight excluding hydrogens is 325 g/mol. The molecule has 20 heavy (non-hydrogen) atoms.